The first-order chi connectivity index (χ1) is 11.5. The molecule has 2 aromatic heterocycles. The summed E-state index contributed by atoms with van der Waals surface area (Å²) < 4.78 is 1.45. The zero-order valence-electron chi connectivity index (χ0n) is 12.5. The number of benzene rings is 1. The molecule has 0 atom stereocenters. The van der Waals surface area contributed by atoms with Crippen molar-refractivity contribution in [2.45, 2.75) is 0 Å². The minimum atomic E-state index is -0.364. The molecular weight excluding hydrogens is 351 g/mol. The maximum atomic E-state index is 12.1. The predicted octanol–water partition coefficient (Wildman–Crippen LogP) is 3.02. The molecule has 0 unspecified atom stereocenters. The first-order valence-electron chi connectivity index (χ1n) is 6.83. The molecule has 1 aromatic carbocycles. The van der Waals surface area contributed by atoms with Gasteiger partial charge >= 0.3 is 0 Å². The van der Waals surface area contributed by atoms with Crippen molar-refractivity contribution in [2.75, 3.05) is 11.1 Å². The number of nitrogen functional groups attached to an aromatic ring is 1. The van der Waals surface area contributed by atoms with Crippen LogP contribution in [0.5, 0.6) is 0 Å². The number of nitrogens with one attached hydrogen (secondary N) is 1. The Morgan fingerprint density at radius 1 is 1.29 bits per heavy atom. The Morgan fingerprint density at radius 2 is 2.08 bits per heavy atom. The molecule has 0 aliphatic rings. The van der Waals surface area contributed by atoms with Gasteiger partial charge in [-0.15, -0.1) is 0 Å². The summed E-state index contributed by atoms with van der Waals surface area (Å²) in [7, 11) is 1.67. The summed E-state index contributed by atoms with van der Waals surface area (Å²) in [6.07, 6.45) is 2.93. The summed E-state index contributed by atoms with van der Waals surface area (Å²) in [5, 5.41) is 7.29. The third kappa shape index (κ3) is 3.04. The summed E-state index contributed by atoms with van der Waals surface area (Å²) in [5.74, 6) is -0.0141. The molecule has 122 valence electrons. The van der Waals surface area contributed by atoms with Crippen molar-refractivity contribution in [1.29, 1.82) is 0 Å². The van der Waals surface area contributed by atoms with Crippen LogP contribution in [0.1, 0.15) is 10.5 Å². The van der Waals surface area contributed by atoms with E-state index in [1.165, 1.54) is 17.1 Å². The van der Waals surface area contributed by atoms with Gasteiger partial charge in [-0.3, -0.25) is 9.48 Å². The van der Waals surface area contributed by atoms with Gasteiger partial charge in [0.15, 0.2) is 11.6 Å². The van der Waals surface area contributed by atoms with Crippen LogP contribution in [0.3, 0.4) is 0 Å². The number of rotatable bonds is 3. The van der Waals surface area contributed by atoms with Gasteiger partial charge in [0.05, 0.1) is 16.2 Å². The second kappa shape index (κ2) is 6.46. The number of carbonyl (C=O) groups excluding carboxylic acids is 1. The fourth-order valence-electron chi connectivity index (χ4n) is 2.13. The van der Waals surface area contributed by atoms with Crippen LogP contribution in [0.2, 0.25) is 10.0 Å². The van der Waals surface area contributed by atoms with Gasteiger partial charge in [0.25, 0.3) is 5.91 Å². The number of hydrogen-bond acceptors (Lipinski definition) is 5. The van der Waals surface area contributed by atoms with Gasteiger partial charge in [0.2, 0.25) is 0 Å². The van der Waals surface area contributed by atoms with E-state index >= 15 is 0 Å². The average molecular weight is 363 g/mol. The summed E-state index contributed by atoms with van der Waals surface area (Å²) in [6, 6.07) is 6.73. The van der Waals surface area contributed by atoms with Crippen LogP contribution in [-0.2, 0) is 7.05 Å². The molecule has 0 saturated heterocycles. The van der Waals surface area contributed by atoms with Gasteiger partial charge in [-0.1, -0.05) is 35.3 Å². The highest BCUT2D eigenvalue weighted by atomic mass is 35.5. The van der Waals surface area contributed by atoms with Crippen molar-refractivity contribution in [2.24, 2.45) is 7.05 Å². The Balaban J connectivity index is 1.89. The molecule has 1 amide bonds. The van der Waals surface area contributed by atoms with E-state index in [2.05, 4.69) is 20.4 Å². The SMILES string of the molecule is Cn1nccc1C(=O)Nc1cnc(-c2cccc(Cl)c2Cl)c(N)n1. The molecular formula is C15H12Cl2N6O. The van der Waals surface area contributed by atoms with Crippen LogP contribution in [-0.4, -0.2) is 25.7 Å². The number of nitrogens with two attached hydrogens (primary N) is 1. The van der Waals surface area contributed by atoms with Crippen LogP contribution in [0.25, 0.3) is 11.3 Å². The second-order valence-corrected chi connectivity index (χ2v) is 5.67. The third-order valence-electron chi connectivity index (χ3n) is 3.30. The Hall–Kier alpha value is -2.64. The summed E-state index contributed by atoms with van der Waals surface area (Å²) >= 11 is 12.2. The fraction of sp³-hybridized carbons (Fsp3) is 0.0667. The first-order valence-corrected chi connectivity index (χ1v) is 7.59. The number of aromatic nitrogens is 4. The zero-order chi connectivity index (χ0) is 17.3. The second-order valence-electron chi connectivity index (χ2n) is 4.88. The van der Waals surface area contributed by atoms with E-state index in [-0.39, 0.29) is 17.5 Å². The van der Waals surface area contributed by atoms with Crippen molar-refractivity contribution in [3.8, 4) is 11.3 Å². The smallest absolute Gasteiger partial charge is 0.275 e. The van der Waals surface area contributed by atoms with Crippen LogP contribution < -0.4 is 11.1 Å². The molecule has 0 saturated carbocycles. The van der Waals surface area contributed by atoms with Crippen molar-refractivity contribution in [3.63, 3.8) is 0 Å². The lowest BCUT2D eigenvalue weighted by Crippen LogP contribution is -2.17. The van der Waals surface area contributed by atoms with E-state index < -0.39 is 0 Å². The molecule has 0 aliphatic carbocycles. The number of anilines is 2. The molecule has 9 heteroatoms. The van der Waals surface area contributed by atoms with Crippen molar-refractivity contribution in [3.05, 3.63) is 52.4 Å². The van der Waals surface area contributed by atoms with Gasteiger partial charge < -0.3 is 11.1 Å². The quantitative estimate of drug-likeness (QED) is 0.745. The topological polar surface area (TPSA) is 98.7 Å². The number of amides is 1. The van der Waals surface area contributed by atoms with Crippen molar-refractivity contribution < 1.29 is 4.79 Å². The number of halogens is 2. The number of nitrogens with zero attached hydrogens (tertiary/aromatic N) is 4. The van der Waals surface area contributed by atoms with Crippen LogP contribution in [0.4, 0.5) is 11.6 Å². The number of carbonyl (C=O) groups is 1. The maximum absolute atomic E-state index is 12.1. The van der Waals surface area contributed by atoms with Gasteiger partial charge in [-0.05, 0) is 12.1 Å². The summed E-state index contributed by atoms with van der Waals surface area (Å²) in [6.45, 7) is 0. The van der Waals surface area contributed by atoms with Crippen LogP contribution in [0.15, 0.2) is 36.7 Å². The lowest BCUT2D eigenvalue weighted by atomic mass is 10.1. The minimum absolute atomic E-state index is 0.127. The Bertz CT molecular complexity index is 924. The van der Waals surface area contributed by atoms with Gasteiger partial charge in [-0.2, -0.15) is 5.10 Å². The average Bonchev–Trinajstić information content (AvgIpc) is 2.97. The normalized spacial score (nSPS) is 10.6. The molecule has 0 fully saturated rings. The molecule has 3 aromatic rings. The van der Waals surface area contributed by atoms with E-state index in [0.29, 0.717) is 27.0 Å². The highest BCUT2D eigenvalue weighted by Crippen LogP contribution is 2.34. The third-order valence-corrected chi connectivity index (χ3v) is 4.12. The van der Waals surface area contributed by atoms with Crippen LogP contribution >= 0.6 is 23.2 Å². The highest BCUT2D eigenvalue weighted by molar-refractivity contribution is 6.43. The number of hydrogen-bond donors (Lipinski definition) is 2. The van der Waals surface area contributed by atoms with E-state index in [1.54, 1.807) is 31.3 Å². The molecule has 24 heavy (non-hydrogen) atoms. The lowest BCUT2D eigenvalue weighted by molar-refractivity contribution is 0.101. The zero-order valence-corrected chi connectivity index (χ0v) is 14.0. The highest BCUT2D eigenvalue weighted by Gasteiger charge is 2.15. The molecule has 3 rings (SSSR count). The van der Waals surface area contributed by atoms with Crippen molar-refractivity contribution in [1.82, 2.24) is 19.7 Å². The predicted molar refractivity (Wildman–Crippen MR) is 93.1 cm³/mol. The van der Waals surface area contributed by atoms with Crippen molar-refractivity contribution >= 4 is 40.7 Å². The molecule has 2 heterocycles. The standard InChI is InChI=1S/C15H12Cl2N6O/c1-23-10(5-6-20-23)15(24)22-11-7-19-13(14(18)21-11)8-3-2-4-9(16)12(8)17/h2-7H,1H3,(H3,18,21,22,24). The van der Waals surface area contributed by atoms with Gasteiger partial charge in [-0.25, -0.2) is 9.97 Å². The Morgan fingerprint density at radius 3 is 2.75 bits per heavy atom. The molecule has 0 spiro atoms. The Labute approximate surface area is 147 Å². The van der Waals surface area contributed by atoms with Crippen LogP contribution in [0, 0.1) is 0 Å². The molecule has 0 radical (unpaired) electrons. The summed E-state index contributed by atoms with van der Waals surface area (Å²) in [5.41, 5.74) is 7.30. The lowest BCUT2D eigenvalue weighted by Gasteiger charge is -2.10. The monoisotopic (exact) mass is 362 g/mol. The molecule has 0 aliphatic heterocycles. The molecule has 3 N–H and O–H groups in total. The van der Waals surface area contributed by atoms with E-state index in [1.807, 2.05) is 0 Å². The van der Waals surface area contributed by atoms with Gasteiger partial charge in [0.1, 0.15) is 11.4 Å². The number of aryl methyl sites for hydroxylation is 1. The van der Waals surface area contributed by atoms with E-state index in [0.717, 1.165) is 0 Å². The summed E-state index contributed by atoms with van der Waals surface area (Å²) in [4.78, 5) is 20.5. The Kier molecular flexibility index (Phi) is 4.37. The fourth-order valence-corrected chi connectivity index (χ4v) is 2.52. The molecule has 7 nitrogen and oxygen atoms in total. The maximum Gasteiger partial charge on any atom is 0.275 e. The van der Waals surface area contributed by atoms with Gasteiger partial charge in [0, 0.05) is 18.8 Å². The molecule has 0 bridgehead atoms. The largest absolute Gasteiger partial charge is 0.382 e. The first kappa shape index (κ1) is 16.2. The minimum Gasteiger partial charge on any atom is -0.382 e. The van der Waals surface area contributed by atoms with E-state index in [4.69, 9.17) is 28.9 Å². The van der Waals surface area contributed by atoms with E-state index in [9.17, 15) is 4.79 Å².